The van der Waals surface area contributed by atoms with Gasteiger partial charge in [0.1, 0.15) is 67.6 Å². The van der Waals surface area contributed by atoms with E-state index in [-0.39, 0.29) is 12.8 Å². The summed E-state index contributed by atoms with van der Waals surface area (Å²) in [6.07, 6.45) is 10.0. The molecule has 2 fully saturated rings. The molecule has 0 spiro atoms. The smallest absolute Gasteiger partial charge is 0.462 e. The predicted molar refractivity (Wildman–Crippen MR) is 254 cm³/mol. The molecule has 0 bridgehead atoms. The zero-order valence-corrected chi connectivity index (χ0v) is 42.0. The van der Waals surface area contributed by atoms with Crippen LogP contribution in [0.3, 0.4) is 0 Å². The lowest BCUT2D eigenvalue weighted by atomic mass is 9.84. The van der Waals surface area contributed by atoms with Crippen LogP contribution in [0.1, 0.15) is 194 Å². The van der Waals surface area contributed by atoms with E-state index in [0.29, 0.717) is 12.8 Å². The molecule has 0 aromatic carbocycles. The fraction of sp³-hybridized carbons (Fsp3) is 0.918. The molecule has 0 aromatic heterocycles. The molecule has 1 saturated heterocycles. The number of hydrogen-bond donors (Lipinski definition) is 9. The molecule has 9 N–H and O–H groups in total. The number of hydrogen-bond acceptors (Lipinski definition) is 17. The number of phosphoric ester groups is 1. The first kappa shape index (κ1) is 62.5. The van der Waals surface area contributed by atoms with E-state index in [4.69, 9.17) is 28.0 Å². The van der Waals surface area contributed by atoms with Gasteiger partial charge in [-0.1, -0.05) is 154 Å². The minimum Gasteiger partial charge on any atom is -0.462 e. The van der Waals surface area contributed by atoms with Crippen molar-refractivity contribution in [3.05, 3.63) is 12.2 Å². The lowest BCUT2D eigenvalue weighted by Crippen LogP contribution is -2.67. The van der Waals surface area contributed by atoms with Crippen LogP contribution in [0.15, 0.2) is 12.2 Å². The monoisotopic (exact) mass is 999 g/mol. The molecule has 1 saturated carbocycles. The van der Waals surface area contributed by atoms with Crippen molar-refractivity contribution in [2.75, 3.05) is 19.8 Å². The Kier molecular flexibility index (Phi) is 34.2. The van der Waals surface area contributed by atoms with E-state index in [0.717, 1.165) is 77.0 Å². The normalized spacial score (nSPS) is 27.8. The number of rotatable bonds is 40. The number of esters is 2. The first-order valence-electron chi connectivity index (χ1n) is 26.0. The maximum atomic E-state index is 13.4. The van der Waals surface area contributed by atoms with Gasteiger partial charge in [0.2, 0.25) is 0 Å². The first-order chi connectivity index (χ1) is 32.7. The van der Waals surface area contributed by atoms with Crippen LogP contribution in [-0.4, -0.2) is 151 Å². The van der Waals surface area contributed by atoms with E-state index in [1.807, 2.05) is 0 Å². The molecular formula is C49H91O18P. The van der Waals surface area contributed by atoms with Crippen LogP contribution < -0.4 is 0 Å². The number of carbonyl (C=O) groups is 2. The average molecular weight is 999 g/mol. The molecule has 0 aromatic rings. The van der Waals surface area contributed by atoms with Crippen molar-refractivity contribution in [2.24, 2.45) is 0 Å². The summed E-state index contributed by atoms with van der Waals surface area (Å²) >= 11 is 0. The molecular weight excluding hydrogens is 907 g/mol. The van der Waals surface area contributed by atoms with Crippen LogP contribution >= 0.6 is 7.82 Å². The van der Waals surface area contributed by atoms with E-state index in [2.05, 4.69) is 26.0 Å². The van der Waals surface area contributed by atoms with Crippen molar-refractivity contribution in [1.29, 1.82) is 0 Å². The predicted octanol–water partition coefficient (Wildman–Crippen LogP) is 6.10. The summed E-state index contributed by atoms with van der Waals surface area (Å²) in [4.78, 5) is 36.5. The molecule has 68 heavy (non-hydrogen) atoms. The highest BCUT2D eigenvalue weighted by molar-refractivity contribution is 7.47. The fourth-order valence-electron chi connectivity index (χ4n) is 8.40. The molecule has 0 radical (unpaired) electrons. The Balaban J connectivity index is 1.94. The molecule has 400 valence electrons. The van der Waals surface area contributed by atoms with Gasteiger partial charge in [-0.25, -0.2) is 4.57 Å². The van der Waals surface area contributed by atoms with Crippen molar-refractivity contribution < 1.29 is 87.9 Å². The third-order valence-electron chi connectivity index (χ3n) is 12.7. The first-order valence-corrected chi connectivity index (χ1v) is 27.5. The largest absolute Gasteiger partial charge is 0.472 e. The molecule has 2 aliphatic rings. The summed E-state index contributed by atoms with van der Waals surface area (Å²) in [6.45, 7) is 2.22. The van der Waals surface area contributed by atoms with Crippen LogP contribution in [0.25, 0.3) is 0 Å². The minimum atomic E-state index is -5.37. The molecule has 19 heteroatoms. The van der Waals surface area contributed by atoms with E-state index < -0.39 is 113 Å². The lowest BCUT2D eigenvalue weighted by molar-refractivity contribution is -0.338. The second-order valence-corrected chi connectivity index (χ2v) is 20.1. The van der Waals surface area contributed by atoms with E-state index in [9.17, 15) is 59.9 Å². The Morgan fingerprint density at radius 3 is 1.47 bits per heavy atom. The van der Waals surface area contributed by atoms with E-state index in [1.165, 1.54) is 77.0 Å². The summed E-state index contributed by atoms with van der Waals surface area (Å²) in [5.41, 5.74) is 0. The third-order valence-corrected chi connectivity index (χ3v) is 13.7. The highest BCUT2D eigenvalue weighted by Crippen LogP contribution is 2.48. The SMILES string of the molecule is CCCCCCC=CCCCCCCCCCC(=O)OC(COC(=O)CCCCCCCCCCCCCCC)COP(=O)(O)OC1C(O)C(O)C(O)C(O)C1OC1OC(CO)C(O)C(O)C1O. The Hall–Kier alpha value is -1.61. The van der Waals surface area contributed by atoms with Gasteiger partial charge in [0, 0.05) is 12.8 Å². The maximum absolute atomic E-state index is 13.4. The van der Waals surface area contributed by atoms with Gasteiger partial charge >= 0.3 is 19.8 Å². The molecule has 0 amide bonds. The summed E-state index contributed by atoms with van der Waals surface area (Å²) < 4.78 is 45.5. The summed E-state index contributed by atoms with van der Waals surface area (Å²) in [5, 5.41) is 83.0. The Labute approximate surface area is 405 Å². The average Bonchev–Trinajstić information content (AvgIpc) is 3.32. The van der Waals surface area contributed by atoms with Gasteiger partial charge in [-0.3, -0.25) is 18.6 Å². The van der Waals surface area contributed by atoms with Crippen LogP contribution in [0.2, 0.25) is 0 Å². The van der Waals surface area contributed by atoms with Gasteiger partial charge in [-0.15, -0.1) is 0 Å². The number of unbranched alkanes of at least 4 members (excludes halogenated alkanes) is 23. The summed E-state index contributed by atoms with van der Waals surface area (Å²) in [7, 11) is -5.37. The quantitative estimate of drug-likeness (QED) is 0.0145. The highest BCUT2D eigenvalue weighted by Gasteiger charge is 2.55. The number of allylic oxidation sites excluding steroid dienone is 2. The second kappa shape index (κ2) is 37.2. The van der Waals surface area contributed by atoms with Crippen molar-refractivity contribution in [2.45, 2.75) is 267 Å². The van der Waals surface area contributed by atoms with Crippen LogP contribution in [0.4, 0.5) is 0 Å². The summed E-state index contributed by atoms with van der Waals surface area (Å²) in [5.74, 6) is -1.21. The van der Waals surface area contributed by atoms with Crippen LogP contribution in [-0.2, 0) is 42.1 Å². The summed E-state index contributed by atoms with van der Waals surface area (Å²) in [6, 6.07) is 0. The minimum absolute atomic E-state index is 0.0308. The Morgan fingerprint density at radius 1 is 0.544 bits per heavy atom. The molecule has 18 nitrogen and oxygen atoms in total. The number of carbonyl (C=O) groups excluding carboxylic acids is 2. The number of ether oxygens (including phenoxy) is 4. The standard InChI is InChI=1S/C49H91O18P/c1-3-5-7-9-11-13-15-17-18-20-22-24-26-28-30-32-39(52)64-36(34-62-38(51)31-29-27-25-23-21-19-16-14-12-10-8-6-4-2)35-63-68(60,61)67-48-45(58)43(56)42(55)44(57)47(48)66-49-46(59)41(54)40(53)37(33-50)65-49/h13,15,36-37,40-50,53-59H,3-12,14,16-35H2,1-2H3,(H,60,61). The zero-order chi connectivity index (χ0) is 50.2. The number of aliphatic hydroxyl groups is 8. The highest BCUT2D eigenvalue weighted by atomic mass is 31.2. The van der Waals surface area contributed by atoms with Gasteiger partial charge < -0.3 is 64.7 Å². The second-order valence-electron chi connectivity index (χ2n) is 18.7. The molecule has 13 atom stereocenters. The molecule has 13 unspecified atom stereocenters. The van der Waals surface area contributed by atoms with Crippen LogP contribution in [0, 0.1) is 0 Å². The number of aliphatic hydroxyl groups excluding tert-OH is 8. The van der Waals surface area contributed by atoms with Gasteiger partial charge in [-0.05, 0) is 38.5 Å². The van der Waals surface area contributed by atoms with Crippen LogP contribution in [0.5, 0.6) is 0 Å². The zero-order valence-electron chi connectivity index (χ0n) is 41.1. The van der Waals surface area contributed by atoms with Crippen molar-refractivity contribution in [1.82, 2.24) is 0 Å². The van der Waals surface area contributed by atoms with Gasteiger partial charge in [0.25, 0.3) is 0 Å². The van der Waals surface area contributed by atoms with Gasteiger partial charge in [-0.2, -0.15) is 0 Å². The molecule has 1 aliphatic carbocycles. The third kappa shape index (κ3) is 25.7. The Morgan fingerprint density at radius 2 is 0.971 bits per heavy atom. The number of phosphoric acid groups is 1. The topological polar surface area (TPSA) is 289 Å². The van der Waals surface area contributed by atoms with E-state index in [1.54, 1.807) is 0 Å². The van der Waals surface area contributed by atoms with Crippen molar-refractivity contribution in [3.63, 3.8) is 0 Å². The van der Waals surface area contributed by atoms with Crippen molar-refractivity contribution >= 4 is 19.8 Å². The van der Waals surface area contributed by atoms with E-state index >= 15 is 0 Å². The molecule has 1 heterocycles. The lowest BCUT2D eigenvalue weighted by Gasteiger charge is -2.47. The fourth-order valence-corrected chi connectivity index (χ4v) is 9.37. The Bertz CT molecular complexity index is 1370. The maximum Gasteiger partial charge on any atom is 0.472 e. The molecule has 2 rings (SSSR count). The van der Waals surface area contributed by atoms with Gasteiger partial charge in [0.15, 0.2) is 12.4 Å². The van der Waals surface area contributed by atoms with Gasteiger partial charge in [0.05, 0.1) is 13.2 Å². The van der Waals surface area contributed by atoms with Crippen molar-refractivity contribution in [3.8, 4) is 0 Å². The molecule has 1 aliphatic heterocycles.